The maximum absolute atomic E-state index is 5.58. The van der Waals surface area contributed by atoms with Gasteiger partial charge in [-0.05, 0) is 24.9 Å². The van der Waals surface area contributed by atoms with Crippen molar-refractivity contribution in [1.82, 2.24) is 10.2 Å². The lowest BCUT2D eigenvalue weighted by Crippen LogP contribution is -2.27. The SMILES string of the molecule is CC(C)CNCc1occc1CN1CC=CCC1. The second kappa shape index (κ2) is 6.76. The van der Waals surface area contributed by atoms with Crippen LogP contribution in [0, 0.1) is 5.92 Å². The first-order valence-corrected chi connectivity index (χ1v) is 6.89. The van der Waals surface area contributed by atoms with Crippen molar-refractivity contribution < 1.29 is 4.42 Å². The van der Waals surface area contributed by atoms with Crippen LogP contribution in [0.15, 0.2) is 28.9 Å². The quantitative estimate of drug-likeness (QED) is 0.785. The van der Waals surface area contributed by atoms with Crippen LogP contribution < -0.4 is 5.32 Å². The lowest BCUT2D eigenvalue weighted by molar-refractivity contribution is 0.287. The normalized spacial score (nSPS) is 16.6. The highest BCUT2D eigenvalue weighted by atomic mass is 16.3. The largest absolute Gasteiger partial charge is 0.468 e. The van der Waals surface area contributed by atoms with Gasteiger partial charge in [0.15, 0.2) is 0 Å². The van der Waals surface area contributed by atoms with Crippen LogP contribution in [0.3, 0.4) is 0 Å². The Balaban J connectivity index is 1.84. The van der Waals surface area contributed by atoms with Gasteiger partial charge in [0.1, 0.15) is 5.76 Å². The van der Waals surface area contributed by atoms with E-state index in [1.807, 2.05) is 6.26 Å². The monoisotopic (exact) mass is 248 g/mol. The van der Waals surface area contributed by atoms with Crippen molar-refractivity contribution in [2.45, 2.75) is 33.4 Å². The summed E-state index contributed by atoms with van der Waals surface area (Å²) < 4.78 is 5.58. The summed E-state index contributed by atoms with van der Waals surface area (Å²) in [5.41, 5.74) is 1.32. The predicted molar refractivity (Wildman–Crippen MR) is 74.3 cm³/mol. The topological polar surface area (TPSA) is 28.4 Å². The third kappa shape index (κ3) is 4.00. The third-order valence-corrected chi connectivity index (χ3v) is 3.21. The Bertz CT molecular complexity index is 382. The van der Waals surface area contributed by atoms with Crippen LogP contribution in [0.25, 0.3) is 0 Å². The number of nitrogens with zero attached hydrogens (tertiary/aromatic N) is 1. The van der Waals surface area contributed by atoms with Crippen molar-refractivity contribution in [2.24, 2.45) is 5.92 Å². The average molecular weight is 248 g/mol. The number of nitrogens with one attached hydrogen (secondary N) is 1. The van der Waals surface area contributed by atoms with Crippen molar-refractivity contribution in [1.29, 1.82) is 0 Å². The van der Waals surface area contributed by atoms with E-state index in [9.17, 15) is 0 Å². The summed E-state index contributed by atoms with van der Waals surface area (Å²) in [7, 11) is 0. The van der Waals surface area contributed by atoms with Crippen LogP contribution in [0.1, 0.15) is 31.6 Å². The number of hydrogen-bond acceptors (Lipinski definition) is 3. The fourth-order valence-electron chi connectivity index (χ4n) is 2.21. The molecule has 1 aliphatic rings. The summed E-state index contributed by atoms with van der Waals surface area (Å²) >= 11 is 0. The van der Waals surface area contributed by atoms with Gasteiger partial charge in [0, 0.05) is 25.2 Å². The molecule has 0 aromatic carbocycles. The number of rotatable bonds is 6. The van der Waals surface area contributed by atoms with Gasteiger partial charge in [0.25, 0.3) is 0 Å². The van der Waals surface area contributed by atoms with Crippen molar-refractivity contribution >= 4 is 0 Å². The molecule has 0 unspecified atom stereocenters. The molecule has 0 saturated heterocycles. The molecule has 2 rings (SSSR count). The molecule has 0 amide bonds. The fraction of sp³-hybridized carbons (Fsp3) is 0.600. The maximum Gasteiger partial charge on any atom is 0.122 e. The Kier molecular flexibility index (Phi) is 5.02. The molecule has 1 aromatic rings. The highest BCUT2D eigenvalue weighted by Crippen LogP contribution is 2.15. The number of furan rings is 1. The van der Waals surface area contributed by atoms with Gasteiger partial charge in [-0.3, -0.25) is 4.90 Å². The third-order valence-electron chi connectivity index (χ3n) is 3.21. The van der Waals surface area contributed by atoms with E-state index in [1.54, 1.807) is 0 Å². The lowest BCUT2D eigenvalue weighted by Gasteiger charge is -2.22. The standard InChI is InChI=1S/C15H24N2O/c1-13(2)10-16-11-15-14(6-9-18-15)12-17-7-4-3-5-8-17/h3-4,6,9,13,16H,5,7-8,10-12H2,1-2H3. The molecule has 1 aliphatic heterocycles. The van der Waals surface area contributed by atoms with Gasteiger partial charge in [-0.25, -0.2) is 0 Å². The second-order valence-corrected chi connectivity index (χ2v) is 5.39. The van der Waals surface area contributed by atoms with E-state index < -0.39 is 0 Å². The van der Waals surface area contributed by atoms with Crippen LogP contribution >= 0.6 is 0 Å². The van der Waals surface area contributed by atoms with Crippen LogP contribution in [0.2, 0.25) is 0 Å². The van der Waals surface area contributed by atoms with Gasteiger partial charge >= 0.3 is 0 Å². The second-order valence-electron chi connectivity index (χ2n) is 5.39. The molecule has 1 N–H and O–H groups in total. The summed E-state index contributed by atoms with van der Waals surface area (Å²) in [5.74, 6) is 1.76. The Morgan fingerprint density at radius 3 is 3.00 bits per heavy atom. The van der Waals surface area contributed by atoms with Crippen molar-refractivity contribution in [2.75, 3.05) is 19.6 Å². The van der Waals surface area contributed by atoms with E-state index in [0.29, 0.717) is 5.92 Å². The highest BCUT2D eigenvalue weighted by Gasteiger charge is 2.12. The smallest absolute Gasteiger partial charge is 0.122 e. The van der Waals surface area contributed by atoms with Crippen LogP contribution in [0.5, 0.6) is 0 Å². The van der Waals surface area contributed by atoms with Crippen LogP contribution in [-0.2, 0) is 13.1 Å². The zero-order valence-electron chi connectivity index (χ0n) is 11.5. The van der Waals surface area contributed by atoms with Gasteiger partial charge in [0.2, 0.25) is 0 Å². The van der Waals surface area contributed by atoms with Gasteiger partial charge in [-0.1, -0.05) is 26.0 Å². The summed E-state index contributed by atoms with van der Waals surface area (Å²) in [4.78, 5) is 2.46. The molecule has 3 heteroatoms. The highest BCUT2D eigenvalue weighted by molar-refractivity contribution is 5.17. The van der Waals surface area contributed by atoms with Gasteiger partial charge in [-0.15, -0.1) is 0 Å². The molecular weight excluding hydrogens is 224 g/mol. The van der Waals surface area contributed by atoms with E-state index in [0.717, 1.165) is 38.5 Å². The molecular formula is C15H24N2O. The Morgan fingerprint density at radius 2 is 2.28 bits per heavy atom. The van der Waals surface area contributed by atoms with Crippen LogP contribution in [0.4, 0.5) is 0 Å². The minimum atomic E-state index is 0.677. The Morgan fingerprint density at radius 1 is 1.39 bits per heavy atom. The Hall–Kier alpha value is -1.06. The molecule has 0 atom stereocenters. The molecule has 0 radical (unpaired) electrons. The lowest BCUT2D eigenvalue weighted by atomic mass is 10.2. The predicted octanol–water partition coefficient (Wildman–Crippen LogP) is 2.79. The van der Waals surface area contributed by atoms with Gasteiger partial charge in [0.05, 0.1) is 12.8 Å². The first kappa shape index (κ1) is 13.4. The molecule has 100 valence electrons. The minimum absolute atomic E-state index is 0.677. The number of hydrogen-bond donors (Lipinski definition) is 1. The van der Waals surface area contributed by atoms with E-state index >= 15 is 0 Å². The average Bonchev–Trinajstić information content (AvgIpc) is 2.78. The fourth-order valence-corrected chi connectivity index (χ4v) is 2.21. The molecule has 0 spiro atoms. The maximum atomic E-state index is 5.58. The molecule has 0 aliphatic carbocycles. The molecule has 18 heavy (non-hydrogen) atoms. The van der Waals surface area contributed by atoms with Crippen molar-refractivity contribution in [3.8, 4) is 0 Å². The zero-order chi connectivity index (χ0) is 12.8. The summed E-state index contributed by atoms with van der Waals surface area (Å²) in [5, 5.41) is 3.44. The summed E-state index contributed by atoms with van der Waals surface area (Å²) in [6.45, 7) is 9.52. The van der Waals surface area contributed by atoms with Crippen molar-refractivity contribution in [3.05, 3.63) is 35.8 Å². The first-order valence-electron chi connectivity index (χ1n) is 6.89. The van der Waals surface area contributed by atoms with Crippen LogP contribution in [-0.4, -0.2) is 24.5 Å². The molecule has 2 heterocycles. The minimum Gasteiger partial charge on any atom is -0.468 e. The Labute approximate surface area is 110 Å². The molecule has 0 fully saturated rings. The van der Waals surface area contributed by atoms with Gasteiger partial charge in [-0.2, -0.15) is 0 Å². The van der Waals surface area contributed by atoms with E-state index in [1.165, 1.54) is 12.0 Å². The first-order chi connectivity index (χ1) is 8.75. The van der Waals surface area contributed by atoms with Crippen molar-refractivity contribution in [3.63, 3.8) is 0 Å². The summed E-state index contributed by atoms with van der Waals surface area (Å²) in [6, 6.07) is 2.10. The summed E-state index contributed by atoms with van der Waals surface area (Å²) in [6.07, 6.45) is 7.48. The van der Waals surface area contributed by atoms with E-state index in [-0.39, 0.29) is 0 Å². The van der Waals surface area contributed by atoms with Gasteiger partial charge < -0.3 is 9.73 Å². The zero-order valence-corrected chi connectivity index (χ0v) is 11.5. The molecule has 0 saturated carbocycles. The molecule has 3 nitrogen and oxygen atoms in total. The molecule has 0 bridgehead atoms. The van der Waals surface area contributed by atoms with E-state index in [2.05, 4.69) is 42.3 Å². The molecule has 1 aromatic heterocycles. The van der Waals surface area contributed by atoms with E-state index in [4.69, 9.17) is 4.42 Å².